The monoisotopic (exact) mass is 283 g/mol. The van der Waals surface area contributed by atoms with Crippen molar-refractivity contribution < 1.29 is 9.18 Å². The molecule has 1 amide bonds. The van der Waals surface area contributed by atoms with E-state index >= 15 is 0 Å². The minimum absolute atomic E-state index is 0.0974. The molecule has 0 radical (unpaired) electrons. The zero-order valence-corrected chi connectivity index (χ0v) is 11.9. The normalized spacial score (nSPS) is 9.84. The Kier molecular flexibility index (Phi) is 6.21. The van der Waals surface area contributed by atoms with E-state index in [2.05, 4.69) is 16.0 Å². The summed E-state index contributed by atoms with van der Waals surface area (Å²) in [5.41, 5.74) is 1.12. The zero-order chi connectivity index (χ0) is 14.3. The van der Waals surface area contributed by atoms with E-state index in [1.165, 1.54) is 6.07 Å². The van der Waals surface area contributed by atoms with Gasteiger partial charge < -0.3 is 16.0 Å². The van der Waals surface area contributed by atoms with Gasteiger partial charge in [-0.15, -0.1) is 0 Å². The maximum Gasteiger partial charge on any atom is 0.239 e. The molecule has 0 saturated heterocycles. The van der Waals surface area contributed by atoms with Gasteiger partial charge in [-0.05, 0) is 43.3 Å². The molecular formula is C13H18FN3OS. The van der Waals surface area contributed by atoms with Crippen molar-refractivity contribution in [3.05, 3.63) is 29.6 Å². The van der Waals surface area contributed by atoms with Gasteiger partial charge in [0.15, 0.2) is 5.11 Å². The average molecular weight is 283 g/mol. The molecule has 0 atom stereocenters. The van der Waals surface area contributed by atoms with Gasteiger partial charge >= 0.3 is 0 Å². The smallest absolute Gasteiger partial charge is 0.239 e. The number of thiocarbonyl (C=S) groups is 1. The lowest BCUT2D eigenvalue weighted by Gasteiger charge is -2.11. The number of carbonyl (C=O) groups excluding carboxylic acids is 1. The quantitative estimate of drug-likeness (QED) is 0.723. The number of aryl methyl sites for hydroxylation is 1. The minimum Gasteiger partial charge on any atom is -0.355 e. The average Bonchev–Trinajstić information content (AvgIpc) is 2.38. The van der Waals surface area contributed by atoms with E-state index in [0.717, 1.165) is 6.42 Å². The van der Waals surface area contributed by atoms with Gasteiger partial charge in [0.25, 0.3) is 0 Å². The Hall–Kier alpha value is -1.69. The van der Waals surface area contributed by atoms with Crippen LogP contribution in [-0.4, -0.2) is 24.1 Å². The van der Waals surface area contributed by atoms with Crippen LogP contribution in [0.25, 0.3) is 0 Å². The number of benzene rings is 1. The Bertz CT molecular complexity index is 465. The van der Waals surface area contributed by atoms with Crippen LogP contribution < -0.4 is 16.0 Å². The number of halogens is 1. The number of amides is 1. The second kappa shape index (κ2) is 7.68. The molecule has 104 valence electrons. The molecule has 6 heteroatoms. The minimum atomic E-state index is -0.298. The van der Waals surface area contributed by atoms with Gasteiger partial charge in [0.1, 0.15) is 5.82 Å². The summed E-state index contributed by atoms with van der Waals surface area (Å²) >= 11 is 5.02. The Balaban J connectivity index is 2.38. The van der Waals surface area contributed by atoms with Crippen molar-refractivity contribution in [2.45, 2.75) is 20.3 Å². The molecule has 0 bridgehead atoms. The Morgan fingerprint density at radius 1 is 1.37 bits per heavy atom. The van der Waals surface area contributed by atoms with Gasteiger partial charge in [-0.25, -0.2) is 4.39 Å². The van der Waals surface area contributed by atoms with Crippen molar-refractivity contribution in [1.82, 2.24) is 10.6 Å². The van der Waals surface area contributed by atoms with Crippen molar-refractivity contribution in [2.75, 3.05) is 18.4 Å². The zero-order valence-electron chi connectivity index (χ0n) is 11.0. The molecule has 0 aromatic heterocycles. The first-order chi connectivity index (χ1) is 9.02. The molecule has 1 rings (SSSR count). The standard InChI is InChI=1S/C13H18FN3OS/c1-3-6-15-12(18)8-16-13(19)17-10-5-4-9(2)11(14)7-10/h4-5,7H,3,6,8H2,1-2H3,(H,15,18)(H2,16,17,19). The first-order valence-electron chi connectivity index (χ1n) is 6.10. The number of carbonyl (C=O) groups is 1. The van der Waals surface area contributed by atoms with Crippen LogP contribution in [0.4, 0.5) is 10.1 Å². The Labute approximate surface area is 117 Å². The third kappa shape index (κ3) is 5.65. The maximum atomic E-state index is 13.3. The summed E-state index contributed by atoms with van der Waals surface area (Å²) in [6.45, 7) is 4.41. The van der Waals surface area contributed by atoms with E-state index in [-0.39, 0.29) is 23.4 Å². The van der Waals surface area contributed by atoms with Crippen molar-refractivity contribution in [1.29, 1.82) is 0 Å². The van der Waals surface area contributed by atoms with Crippen molar-refractivity contribution in [3.63, 3.8) is 0 Å². The molecule has 3 N–H and O–H groups in total. The van der Waals surface area contributed by atoms with Crippen LogP contribution in [0.15, 0.2) is 18.2 Å². The molecule has 0 aliphatic heterocycles. The SMILES string of the molecule is CCCNC(=O)CNC(=S)Nc1ccc(C)c(F)c1. The van der Waals surface area contributed by atoms with Crippen LogP contribution in [-0.2, 0) is 4.79 Å². The van der Waals surface area contributed by atoms with Crippen LogP contribution in [0.5, 0.6) is 0 Å². The molecule has 0 unspecified atom stereocenters. The third-order valence-corrected chi connectivity index (χ3v) is 2.66. The van der Waals surface area contributed by atoms with Crippen molar-refractivity contribution in [3.8, 4) is 0 Å². The summed E-state index contributed by atoms with van der Waals surface area (Å²) in [4.78, 5) is 11.3. The van der Waals surface area contributed by atoms with Gasteiger partial charge in [-0.3, -0.25) is 4.79 Å². The number of anilines is 1. The lowest BCUT2D eigenvalue weighted by molar-refractivity contribution is -0.119. The summed E-state index contributed by atoms with van der Waals surface area (Å²) in [7, 11) is 0. The molecule has 0 saturated carbocycles. The Morgan fingerprint density at radius 3 is 2.74 bits per heavy atom. The topological polar surface area (TPSA) is 53.2 Å². The van der Waals surface area contributed by atoms with E-state index in [1.54, 1.807) is 19.1 Å². The van der Waals surface area contributed by atoms with Crippen molar-refractivity contribution in [2.24, 2.45) is 0 Å². The van der Waals surface area contributed by atoms with Gasteiger partial charge in [0.2, 0.25) is 5.91 Å². The number of nitrogens with one attached hydrogen (secondary N) is 3. The molecule has 0 fully saturated rings. The highest BCUT2D eigenvalue weighted by molar-refractivity contribution is 7.80. The van der Waals surface area contributed by atoms with E-state index < -0.39 is 0 Å². The molecule has 19 heavy (non-hydrogen) atoms. The Morgan fingerprint density at radius 2 is 2.11 bits per heavy atom. The van der Waals surface area contributed by atoms with E-state index in [1.807, 2.05) is 6.92 Å². The van der Waals surface area contributed by atoms with Crippen LogP contribution in [0.3, 0.4) is 0 Å². The first-order valence-corrected chi connectivity index (χ1v) is 6.51. The van der Waals surface area contributed by atoms with Crippen LogP contribution in [0, 0.1) is 12.7 Å². The summed E-state index contributed by atoms with van der Waals surface area (Å²) in [5.74, 6) is -0.422. The highest BCUT2D eigenvalue weighted by Gasteiger charge is 2.03. The molecule has 0 aliphatic carbocycles. The molecule has 4 nitrogen and oxygen atoms in total. The fourth-order valence-corrected chi connectivity index (χ4v) is 1.52. The number of hydrogen-bond donors (Lipinski definition) is 3. The third-order valence-electron chi connectivity index (χ3n) is 2.41. The van der Waals surface area contributed by atoms with Crippen LogP contribution >= 0.6 is 12.2 Å². The van der Waals surface area contributed by atoms with E-state index in [0.29, 0.717) is 17.8 Å². The molecule has 1 aromatic carbocycles. The highest BCUT2D eigenvalue weighted by Crippen LogP contribution is 2.13. The molecule has 0 aliphatic rings. The summed E-state index contributed by atoms with van der Waals surface area (Å²) < 4.78 is 13.3. The molecule has 0 heterocycles. The largest absolute Gasteiger partial charge is 0.355 e. The predicted molar refractivity (Wildman–Crippen MR) is 78.7 cm³/mol. The fraction of sp³-hybridized carbons (Fsp3) is 0.385. The van der Waals surface area contributed by atoms with Crippen molar-refractivity contribution >= 4 is 28.9 Å². The second-order valence-corrected chi connectivity index (χ2v) is 4.53. The van der Waals surface area contributed by atoms with Gasteiger partial charge in [0.05, 0.1) is 6.54 Å². The van der Waals surface area contributed by atoms with E-state index in [4.69, 9.17) is 12.2 Å². The molecule has 1 aromatic rings. The van der Waals surface area contributed by atoms with Crippen LogP contribution in [0.2, 0.25) is 0 Å². The molecular weight excluding hydrogens is 265 g/mol. The number of hydrogen-bond acceptors (Lipinski definition) is 2. The summed E-state index contributed by atoms with van der Waals surface area (Å²) in [6.07, 6.45) is 0.886. The highest BCUT2D eigenvalue weighted by atomic mass is 32.1. The summed E-state index contributed by atoms with van der Waals surface area (Å²) in [6, 6.07) is 4.75. The maximum absolute atomic E-state index is 13.3. The van der Waals surface area contributed by atoms with Gasteiger partial charge in [0, 0.05) is 12.2 Å². The molecule has 0 spiro atoms. The first kappa shape index (κ1) is 15.4. The predicted octanol–water partition coefficient (Wildman–Crippen LogP) is 1.95. The van der Waals surface area contributed by atoms with Gasteiger partial charge in [-0.1, -0.05) is 13.0 Å². The fourth-order valence-electron chi connectivity index (χ4n) is 1.33. The number of rotatable bonds is 5. The van der Waals surface area contributed by atoms with Gasteiger partial charge in [-0.2, -0.15) is 0 Å². The van der Waals surface area contributed by atoms with E-state index in [9.17, 15) is 9.18 Å². The van der Waals surface area contributed by atoms with Crippen LogP contribution in [0.1, 0.15) is 18.9 Å². The summed E-state index contributed by atoms with van der Waals surface area (Å²) in [5, 5.41) is 8.59. The lowest BCUT2D eigenvalue weighted by atomic mass is 10.2. The second-order valence-electron chi connectivity index (χ2n) is 4.12. The lowest BCUT2D eigenvalue weighted by Crippen LogP contribution is -2.39.